The molecule has 3 aliphatic rings. The fourth-order valence-electron chi connectivity index (χ4n) is 7.59. The maximum Gasteiger partial charge on any atom is 0.337 e. The van der Waals surface area contributed by atoms with Gasteiger partial charge in [-0.2, -0.15) is 0 Å². The number of benzene rings is 1. The Hall–Kier alpha value is -4.02. The van der Waals surface area contributed by atoms with Gasteiger partial charge in [-0.05, 0) is 89.3 Å². The highest BCUT2D eigenvalue weighted by atomic mass is 19.1. The first-order valence-corrected chi connectivity index (χ1v) is 16.2. The zero-order valence-electron chi connectivity index (χ0n) is 27.5. The van der Waals surface area contributed by atoms with Gasteiger partial charge in [-0.3, -0.25) is 4.90 Å². The summed E-state index contributed by atoms with van der Waals surface area (Å²) in [4.78, 5) is 27.6. The molecule has 7 rings (SSSR count). The SMILES string of the molecule is Cc1nc2c(cc(-c3ccnc(N4CCN5CCC4C5)c3)n2C)c(-c2cc(F)c3c(c2C)CCCO3)c1[C@H](OC(C)(C)C)C(=O)O. The molecule has 0 saturated carbocycles. The number of carbonyl (C=O) groups is 1. The van der Waals surface area contributed by atoms with Crippen molar-refractivity contribution in [2.45, 2.75) is 71.6 Å². The number of piperazine rings is 1. The van der Waals surface area contributed by atoms with Crippen LogP contribution in [0, 0.1) is 19.7 Å². The number of hydrogen-bond donors (Lipinski definition) is 1. The lowest BCUT2D eigenvalue weighted by molar-refractivity contribution is -0.160. The van der Waals surface area contributed by atoms with Crippen LogP contribution in [0.3, 0.4) is 0 Å². The van der Waals surface area contributed by atoms with Crippen LogP contribution in [0.2, 0.25) is 0 Å². The number of carboxylic acids is 1. The van der Waals surface area contributed by atoms with E-state index in [9.17, 15) is 9.90 Å². The van der Waals surface area contributed by atoms with Gasteiger partial charge in [0.25, 0.3) is 0 Å². The molecule has 3 aromatic heterocycles. The van der Waals surface area contributed by atoms with Crippen molar-refractivity contribution in [1.29, 1.82) is 0 Å². The maximum absolute atomic E-state index is 15.8. The van der Waals surface area contributed by atoms with E-state index in [4.69, 9.17) is 19.4 Å². The summed E-state index contributed by atoms with van der Waals surface area (Å²) in [5.41, 5.74) is 5.72. The number of aryl methyl sites for hydroxylation is 2. The van der Waals surface area contributed by atoms with E-state index in [0.29, 0.717) is 47.1 Å². The molecule has 9 nitrogen and oxygen atoms in total. The molecule has 1 aromatic carbocycles. The first kappa shape index (κ1) is 30.6. The van der Waals surface area contributed by atoms with Crippen LogP contribution in [0.4, 0.5) is 10.2 Å². The molecule has 1 N–H and O–H groups in total. The third-order valence-electron chi connectivity index (χ3n) is 9.75. The Morgan fingerprint density at radius 1 is 1.17 bits per heavy atom. The van der Waals surface area contributed by atoms with Crippen molar-refractivity contribution in [3.63, 3.8) is 0 Å². The summed E-state index contributed by atoms with van der Waals surface area (Å²) in [7, 11) is 1.97. The van der Waals surface area contributed by atoms with Crippen molar-refractivity contribution >= 4 is 22.8 Å². The van der Waals surface area contributed by atoms with Crippen molar-refractivity contribution in [3.05, 3.63) is 58.7 Å². The number of aromatic nitrogens is 3. The van der Waals surface area contributed by atoms with Crippen LogP contribution in [0.15, 0.2) is 30.5 Å². The van der Waals surface area contributed by atoms with E-state index in [-0.39, 0.29) is 5.75 Å². The minimum atomic E-state index is -1.32. The summed E-state index contributed by atoms with van der Waals surface area (Å²) >= 11 is 0. The van der Waals surface area contributed by atoms with Crippen LogP contribution in [0.25, 0.3) is 33.4 Å². The van der Waals surface area contributed by atoms with Gasteiger partial charge in [-0.15, -0.1) is 0 Å². The van der Waals surface area contributed by atoms with Crippen molar-refractivity contribution in [2.24, 2.45) is 7.05 Å². The molecule has 4 aromatic rings. The van der Waals surface area contributed by atoms with E-state index < -0.39 is 23.5 Å². The van der Waals surface area contributed by atoms with Crippen molar-refractivity contribution in [3.8, 4) is 28.1 Å². The number of ether oxygens (including phenoxy) is 2. The smallest absolute Gasteiger partial charge is 0.337 e. The number of halogens is 1. The van der Waals surface area contributed by atoms with Crippen LogP contribution < -0.4 is 9.64 Å². The highest BCUT2D eigenvalue weighted by Crippen LogP contribution is 2.45. The second-order valence-electron chi connectivity index (χ2n) is 13.9. The van der Waals surface area contributed by atoms with Crippen molar-refractivity contribution < 1.29 is 23.8 Å². The average Bonchev–Trinajstić information content (AvgIpc) is 3.55. The van der Waals surface area contributed by atoms with Gasteiger partial charge < -0.3 is 24.0 Å². The molecular weight excluding hydrogens is 585 g/mol. The second kappa shape index (κ2) is 11.3. The maximum atomic E-state index is 15.8. The quantitative estimate of drug-likeness (QED) is 0.270. The number of hydrogen-bond acceptors (Lipinski definition) is 7. The molecule has 0 amide bonds. The summed E-state index contributed by atoms with van der Waals surface area (Å²) in [6.07, 6.45) is 3.15. The molecule has 0 radical (unpaired) electrons. The van der Waals surface area contributed by atoms with E-state index >= 15 is 4.39 Å². The number of aliphatic carboxylic acids is 1. The molecule has 3 aliphatic heterocycles. The average molecular weight is 628 g/mol. The van der Waals surface area contributed by atoms with Crippen LogP contribution >= 0.6 is 0 Å². The molecule has 46 heavy (non-hydrogen) atoms. The summed E-state index contributed by atoms with van der Waals surface area (Å²) < 4.78 is 29.8. The molecule has 2 saturated heterocycles. The Bertz CT molecular complexity index is 1860. The molecule has 2 unspecified atom stereocenters. The Morgan fingerprint density at radius 3 is 2.74 bits per heavy atom. The van der Waals surface area contributed by atoms with Crippen LogP contribution in [-0.2, 0) is 23.0 Å². The van der Waals surface area contributed by atoms with Gasteiger partial charge >= 0.3 is 5.97 Å². The number of nitrogens with zero attached hydrogens (tertiary/aromatic N) is 5. The lowest BCUT2D eigenvalue weighted by atomic mass is 9.86. The number of fused-ring (bicyclic) bond motifs is 4. The van der Waals surface area contributed by atoms with Gasteiger partial charge in [0.05, 0.1) is 17.9 Å². The minimum absolute atomic E-state index is 0.290. The topological polar surface area (TPSA) is 93.0 Å². The van der Waals surface area contributed by atoms with Gasteiger partial charge in [0.1, 0.15) is 11.5 Å². The molecule has 10 heteroatoms. The Balaban J connectivity index is 1.46. The lowest BCUT2D eigenvalue weighted by Crippen LogP contribution is -2.47. The van der Waals surface area contributed by atoms with E-state index in [1.165, 1.54) is 6.07 Å². The third-order valence-corrected chi connectivity index (χ3v) is 9.75. The predicted octanol–water partition coefficient (Wildman–Crippen LogP) is 6.22. The van der Waals surface area contributed by atoms with E-state index in [1.54, 1.807) is 0 Å². The summed E-state index contributed by atoms with van der Waals surface area (Å²) in [5.74, 6) is -0.328. The van der Waals surface area contributed by atoms with Crippen molar-refractivity contribution in [1.82, 2.24) is 19.4 Å². The predicted molar refractivity (Wildman–Crippen MR) is 176 cm³/mol. The van der Waals surface area contributed by atoms with Gasteiger partial charge in [0.2, 0.25) is 0 Å². The largest absolute Gasteiger partial charge is 0.490 e. The molecule has 242 valence electrons. The number of rotatable bonds is 6. The van der Waals surface area contributed by atoms with E-state index in [2.05, 4.69) is 21.9 Å². The Labute approximate surface area is 269 Å². The second-order valence-corrected chi connectivity index (χ2v) is 13.9. The number of anilines is 1. The molecule has 3 atom stereocenters. The molecule has 2 fully saturated rings. The Kier molecular flexibility index (Phi) is 7.55. The van der Waals surface area contributed by atoms with Gasteiger partial charge in [0.15, 0.2) is 17.7 Å². The van der Waals surface area contributed by atoms with Crippen LogP contribution in [0.5, 0.6) is 5.75 Å². The normalized spacial score (nSPS) is 20.1. The molecule has 0 aliphatic carbocycles. The fourth-order valence-corrected chi connectivity index (χ4v) is 7.59. The molecule has 0 spiro atoms. The number of carboxylic acid groups (broad SMARTS) is 1. The minimum Gasteiger partial charge on any atom is -0.490 e. The highest BCUT2D eigenvalue weighted by molar-refractivity contribution is 6.01. The fraction of sp³-hybridized carbons (Fsp3) is 0.472. The van der Waals surface area contributed by atoms with Gasteiger partial charge in [-0.1, -0.05) is 0 Å². The van der Waals surface area contributed by atoms with Gasteiger partial charge in [0, 0.05) is 78.8 Å². The Morgan fingerprint density at radius 2 is 1.98 bits per heavy atom. The summed E-state index contributed by atoms with van der Waals surface area (Å²) in [6, 6.07) is 8.14. The third kappa shape index (κ3) is 5.21. The lowest BCUT2D eigenvalue weighted by Gasteiger charge is -2.35. The highest BCUT2D eigenvalue weighted by Gasteiger charge is 2.36. The zero-order chi connectivity index (χ0) is 32.5. The van der Waals surface area contributed by atoms with Gasteiger partial charge in [-0.25, -0.2) is 19.2 Å². The van der Waals surface area contributed by atoms with Crippen molar-refractivity contribution in [2.75, 3.05) is 37.7 Å². The van der Waals surface area contributed by atoms with E-state index in [0.717, 1.165) is 72.6 Å². The van der Waals surface area contributed by atoms with Crippen LogP contribution in [-0.4, -0.2) is 74.9 Å². The molecular formula is C36H42FN5O4. The zero-order valence-corrected chi connectivity index (χ0v) is 27.5. The monoisotopic (exact) mass is 627 g/mol. The summed E-state index contributed by atoms with van der Waals surface area (Å²) in [5, 5.41) is 11.3. The number of pyridine rings is 2. The first-order chi connectivity index (χ1) is 21.9. The summed E-state index contributed by atoms with van der Waals surface area (Å²) in [6.45, 7) is 13.9. The molecule has 2 bridgehead atoms. The van der Waals surface area contributed by atoms with Crippen LogP contribution in [0.1, 0.15) is 62.1 Å². The standard InChI is InChI=1S/C36H42FN5O4/c1-20-24-8-7-15-45-32(24)27(37)17-25(20)31-26-18-28(22-9-11-38-29(16-22)42-14-13-41-12-10-23(42)19-41)40(6)34(26)39-21(2)30(31)33(35(43)44)46-36(3,4)5/h9,11,16-18,23,33H,7-8,10,12-15,19H2,1-6H3,(H,43,44)/t23?,33-/m0/s1. The first-order valence-electron chi connectivity index (χ1n) is 16.2. The molecule has 6 heterocycles. The van der Waals surface area contributed by atoms with E-state index in [1.807, 2.05) is 58.5 Å².